The minimum absolute atomic E-state index is 0.435. The van der Waals surface area contributed by atoms with Crippen LogP contribution in [-0.4, -0.2) is 19.7 Å². The summed E-state index contributed by atoms with van der Waals surface area (Å²) < 4.78 is 1.94. The molecule has 5 heteroatoms. The Bertz CT molecular complexity index is 745. The van der Waals surface area contributed by atoms with E-state index in [1.807, 2.05) is 42.7 Å². The summed E-state index contributed by atoms with van der Waals surface area (Å²) in [5, 5.41) is 8.49. The van der Waals surface area contributed by atoms with Crippen LogP contribution in [-0.2, 0) is 6.54 Å². The second kappa shape index (κ2) is 4.44. The molecule has 0 fully saturated rings. The molecule has 2 aromatic heterocycles. The summed E-state index contributed by atoms with van der Waals surface area (Å²) in [6.07, 6.45) is 1.77. The Kier molecular flexibility index (Phi) is 2.76. The topological polar surface area (TPSA) is 69.6 Å². The zero-order valence-corrected chi connectivity index (χ0v) is 11.0. The van der Waals surface area contributed by atoms with E-state index in [1.165, 1.54) is 0 Å². The monoisotopic (exact) mass is 253 g/mol. The molecule has 0 bridgehead atoms. The number of aryl methyl sites for hydroxylation is 1. The number of aromatic nitrogens is 4. The van der Waals surface area contributed by atoms with E-state index in [0.29, 0.717) is 6.54 Å². The molecule has 0 spiro atoms. The van der Waals surface area contributed by atoms with Crippen LogP contribution in [0, 0.1) is 13.8 Å². The molecule has 0 aliphatic heterocycles. The normalized spacial score (nSPS) is 11.1. The SMILES string of the molecule is Cc1nnc(-n2cnc3ccccc32)c(CN)c1C. The van der Waals surface area contributed by atoms with Crippen LogP contribution in [0.15, 0.2) is 30.6 Å². The first-order valence-corrected chi connectivity index (χ1v) is 6.17. The van der Waals surface area contributed by atoms with Crippen LogP contribution in [0.5, 0.6) is 0 Å². The number of fused-ring (bicyclic) bond motifs is 1. The number of benzene rings is 1. The maximum atomic E-state index is 5.87. The lowest BCUT2D eigenvalue weighted by atomic mass is 10.1. The summed E-state index contributed by atoms with van der Waals surface area (Å²) >= 11 is 0. The van der Waals surface area contributed by atoms with Gasteiger partial charge in [0.15, 0.2) is 5.82 Å². The smallest absolute Gasteiger partial charge is 0.165 e. The second-order valence-corrected chi connectivity index (χ2v) is 4.52. The van der Waals surface area contributed by atoms with E-state index in [-0.39, 0.29) is 0 Å². The number of imidazole rings is 1. The van der Waals surface area contributed by atoms with Crippen molar-refractivity contribution < 1.29 is 0 Å². The Labute approximate surface area is 111 Å². The summed E-state index contributed by atoms with van der Waals surface area (Å²) in [7, 11) is 0. The summed E-state index contributed by atoms with van der Waals surface area (Å²) in [4.78, 5) is 4.38. The second-order valence-electron chi connectivity index (χ2n) is 4.52. The Morgan fingerprint density at radius 2 is 1.95 bits per heavy atom. The first kappa shape index (κ1) is 11.8. The van der Waals surface area contributed by atoms with Crippen molar-refractivity contribution in [3.05, 3.63) is 47.4 Å². The van der Waals surface area contributed by atoms with Crippen LogP contribution in [0.3, 0.4) is 0 Å². The highest BCUT2D eigenvalue weighted by atomic mass is 15.2. The lowest BCUT2D eigenvalue weighted by Crippen LogP contribution is -2.11. The van der Waals surface area contributed by atoms with Gasteiger partial charge in [-0.25, -0.2) is 4.98 Å². The minimum Gasteiger partial charge on any atom is -0.326 e. The molecule has 2 heterocycles. The van der Waals surface area contributed by atoms with Crippen LogP contribution in [0.25, 0.3) is 16.9 Å². The van der Waals surface area contributed by atoms with Gasteiger partial charge in [-0.3, -0.25) is 4.57 Å². The average Bonchev–Trinajstić information content (AvgIpc) is 2.85. The fourth-order valence-corrected chi connectivity index (χ4v) is 2.21. The van der Waals surface area contributed by atoms with Gasteiger partial charge in [0.2, 0.25) is 0 Å². The minimum atomic E-state index is 0.435. The highest BCUT2D eigenvalue weighted by Gasteiger charge is 2.13. The van der Waals surface area contributed by atoms with Gasteiger partial charge in [0, 0.05) is 12.1 Å². The molecule has 0 aliphatic carbocycles. The first-order valence-electron chi connectivity index (χ1n) is 6.17. The average molecular weight is 253 g/mol. The predicted molar refractivity (Wildman–Crippen MR) is 74.0 cm³/mol. The lowest BCUT2D eigenvalue weighted by Gasteiger charge is -2.12. The fourth-order valence-electron chi connectivity index (χ4n) is 2.21. The molecule has 19 heavy (non-hydrogen) atoms. The van der Waals surface area contributed by atoms with Gasteiger partial charge in [-0.2, -0.15) is 5.10 Å². The molecule has 3 aromatic rings. The van der Waals surface area contributed by atoms with Crippen molar-refractivity contribution in [2.75, 3.05) is 0 Å². The number of hydrogen-bond donors (Lipinski definition) is 1. The van der Waals surface area contributed by atoms with Gasteiger partial charge in [0.05, 0.1) is 16.7 Å². The van der Waals surface area contributed by atoms with Crippen molar-refractivity contribution in [3.63, 3.8) is 0 Å². The third-order valence-electron chi connectivity index (χ3n) is 3.45. The maximum absolute atomic E-state index is 5.87. The highest BCUT2D eigenvalue weighted by Crippen LogP contribution is 2.21. The summed E-state index contributed by atoms with van der Waals surface area (Å²) in [6.45, 7) is 4.40. The number of nitrogens with zero attached hydrogens (tertiary/aromatic N) is 4. The number of nitrogens with two attached hydrogens (primary N) is 1. The summed E-state index contributed by atoms with van der Waals surface area (Å²) in [6, 6.07) is 7.94. The molecule has 0 aliphatic rings. The molecule has 96 valence electrons. The molecule has 5 nitrogen and oxygen atoms in total. The zero-order chi connectivity index (χ0) is 13.4. The Balaban J connectivity index is 2.30. The van der Waals surface area contributed by atoms with E-state index >= 15 is 0 Å². The van der Waals surface area contributed by atoms with Gasteiger partial charge >= 0.3 is 0 Å². The molecule has 0 saturated carbocycles. The Morgan fingerprint density at radius 1 is 1.16 bits per heavy atom. The van der Waals surface area contributed by atoms with Crippen LogP contribution in [0.2, 0.25) is 0 Å². The maximum Gasteiger partial charge on any atom is 0.165 e. The molecule has 2 N–H and O–H groups in total. The summed E-state index contributed by atoms with van der Waals surface area (Å²) in [5.74, 6) is 0.763. The van der Waals surface area contributed by atoms with Crippen molar-refractivity contribution in [3.8, 4) is 5.82 Å². The van der Waals surface area contributed by atoms with Crippen molar-refractivity contribution >= 4 is 11.0 Å². The molecule has 1 aromatic carbocycles. The Hall–Kier alpha value is -2.27. The largest absolute Gasteiger partial charge is 0.326 e. The van der Waals surface area contributed by atoms with Gasteiger partial charge in [-0.05, 0) is 31.5 Å². The quantitative estimate of drug-likeness (QED) is 0.757. The first-order chi connectivity index (χ1) is 9.22. The molecule has 0 atom stereocenters. The molecule has 0 unspecified atom stereocenters. The summed E-state index contributed by atoms with van der Waals surface area (Å²) in [5.41, 5.74) is 10.8. The molecule has 0 amide bonds. The van der Waals surface area contributed by atoms with Crippen LogP contribution >= 0.6 is 0 Å². The van der Waals surface area contributed by atoms with E-state index in [4.69, 9.17) is 5.73 Å². The van der Waals surface area contributed by atoms with Crippen LogP contribution in [0.4, 0.5) is 0 Å². The van der Waals surface area contributed by atoms with Gasteiger partial charge in [-0.15, -0.1) is 5.10 Å². The van der Waals surface area contributed by atoms with Gasteiger partial charge in [-0.1, -0.05) is 12.1 Å². The number of rotatable bonds is 2. The molecular formula is C14H15N5. The molecule has 0 radical (unpaired) electrons. The number of hydrogen-bond acceptors (Lipinski definition) is 4. The van der Waals surface area contributed by atoms with E-state index in [2.05, 4.69) is 15.2 Å². The molecule has 0 saturated heterocycles. The van der Waals surface area contributed by atoms with Crippen molar-refractivity contribution in [1.29, 1.82) is 0 Å². The standard InChI is InChI=1S/C14H15N5/c1-9-10(2)17-18-14(11(9)7-15)19-8-16-12-5-3-4-6-13(12)19/h3-6,8H,7,15H2,1-2H3. The van der Waals surface area contributed by atoms with Gasteiger partial charge in [0.1, 0.15) is 6.33 Å². The van der Waals surface area contributed by atoms with E-state index < -0.39 is 0 Å². The van der Waals surface area contributed by atoms with E-state index in [0.717, 1.165) is 33.7 Å². The predicted octanol–water partition coefficient (Wildman–Crippen LogP) is 1.89. The highest BCUT2D eigenvalue weighted by molar-refractivity contribution is 5.77. The van der Waals surface area contributed by atoms with Crippen molar-refractivity contribution in [2.24, 2.45) is 5.73 Å². The fraction of sp³-hybridized carbons (Fsp3) is 0.214. The van der Waals surface area contributed by atoms with E-state index in [1.54, 1.807) is 6.33 Å². The van der Waals surface area contributed by atoms with Crippen molar-refractivity contribution in [1.82, 2.24) is 19.7 Å². The molecule has 3 rings (SSSR count). The molecular weight excluding hydrogens is 238 g/mol. The van der Waals surface area contributed by atoms with Crippen molar-refractivity contribution in [2.45, 2.75) is 20.4 Å². The van der Waals surface area contributed by atoms with Gasteiger partial charge < -0.3 is 5.73 Å². The van der Waals surface area contributed by atoms with Gasteiger partial charge in [0.25, 0.3) is 0 Å². The number of para-hydroxylation sites is 2. The van der Waals surface area contributed by atoms with Crippen LogP contribution < -0.4 is 5.73 Å². The third-order valence-corrected chi connectivity index (χ3v) is 3.45. The van der Waals surface area contributed by atoms with Crippen LogP contribution in [0.1, 0.15) is 16.8 Å². The van der Waals surface area contributed by atoms with E-state index in [9.17, 15) is 0 Å². The third kappa shape index (κ3) is 1.79. The zero-order valence-electron chi connectivity index (χ0n) is 11.0. The Morgan fingerprint density at radius 3 is 2.74 bits per heavy atom. The lowest BCUT2D eigenvalue weighted by molar-refractivity contribution is 0.848.